The molecule has 0 saturated carbocycles. The average Bonchev–Trinajstić information content (AvgIpc) is 3.14. The van der Waals surface area contributed by atoms with Crippen LogP contribution in [0.4, 0.5) is 9.80 Å². The van der Waals surface area contributed by atoms with Crippen LogP contribution in [0.2, 0.25) is 0 Å². The minimum absolute atomic E-state index is 0.211. The summed E-state index contributed by atoms with van der Waals surface area (Å²) in [6, 6.07) is 5.01. The quantitative estimate of drug-likeness (QED) is 0.676. The summed E-state index contributed by atoms with van der Waals surface area (Å²) in [5.74, 6) is -0.359. The SMILES string of the molecule is CCOC(=O)N1CCc2c(sc(NC(=O)c3c(OC)cccc3OC)c2C(=O)OC)C1. The van der Waals surface area contributed by atoms with Crippen molar-refractivity contribution in [3.05, 3.63) is 39.8 Å². The number of anilines is 1. The van der Waals surface area contributed by atoms with Crippen LogP contribution >= 0.6 is 11.3 Å². The molecule has 1 aliphatic heterocycles. The maximum atomic E-state index is 13.1. The number of carbonyl (C=O) groups excluding carboxylic acids is 3. The van der Waals surface area contributed by atoms with E-state index >= 15 is 0 Å². The highest BCUT2D eigenvalue weighted by Crippen LogP contribution is 2.39. The molecule has 1 N–H and O–H groups in total. The van der Waals surface area contributed by atoms with Gasteiger partial charge in [-0.15, -0.1) is 11.3 Å². The van der Waals surface area contributed by atoms with Gasteiger partial charge in [-0.05, 0) is 31.0 Å². The monoisotopic (exact) mass is 448 g/mol. The Hall–Kier alpha value is -3.27. The number of methoxy groups -OCH3 is 3. The second kappa shape index (κ2) is 9.69. The fourth-order valence-corrected chi connectivity index (χ4v) is 4.67. The molecule has 0 bridgehead atoms. The van der Waals surface area contributed by atoms with Crippen molar-refractivity contribution in [3.8, 4) is 11.5 Å². The zero-order chi connectivity index (χ0) is 22.5. The number of hydrogen-bond donors (Lipinski definition) is 1. The van der Waals surface area contributed by atoms with Crippen molar-refractivity contribution in [2.45, 2.75) is 19.9 Å². The molecule has 0 radical (unpaired) electrons. The van der Waals surface area contributed by atoms with Gasteiger partial charge in [0.25, 0.3) is 5.91 Å². The lowest BCUT2D eigenvalue weighted by atomic mass is 10.0. The molecule has 0 saturated heterocycles. The van der Waals surface area contributed by atoms with E-state index in [0.29, 0.717) is 35.0 Å². The number of benzene rings is 1. The van der Waals surface area contributed by atoms with E-state index in [1.54, 1.807) is 30.0 Å². The molecular formula is C21H24N2O7S. The molecule has 10 heteroatoms. The van der Waals surface area contributed by atoms with Gasteiger partial charge in [0.15, 0.2) is 0 Å². The van der Waals surface area contributed by atoms with Crippen LogP contribution in [-0.4, -0.2) is 57.4 Å². The zero-order valence-corrected chi connectivity index (χ0v) is 18.6. The van der Waals surface area contributed by atoms with Gasteiger partial charge in [0, 0.05) is 11.4 Å². The van der Waals surface area contributed by atoms with Crippen molar-refractivity contribution >= 4 is 34.3 Å². The Balaban J connectivity index is 1.97. The lowest BCUT2D eigenvalue weighted by molar-refractivity contribution is 0.0600. The first kappa shape index (κ1) is 22.4. The van der Waals surface area contributed by atoms with Crippen molar-refractivity contribution in [3.63, 3.8) is 0 Å². The van der Waals surface area contributed by atoms with Gasteiger partial charge >= 0.3 is 12.1 Å². The van der Waals surface area contributed by atoms with E-state index in [1.807, 2.05) is 0 Å². The smallest absolute Gasteiger partial charge is 0.410 e. The first-order valence-corrected chi connectivity index (χ1v) is 10.4. The number of thiophene rings is 1. The first-order valence-electron chi connectivity index (χ1n) is 9.61. The van der Waals surface area contributed by atoms with Crippen molar-refractivity contribution in [1.82, 2.24) is 4.90 Å². The zero-order valence-electron chi connectivity index (χ0n) is 17.8. The van der Waals surface area contributed by atoms with Gasteiger partial charge in [0.1, 0.15) is 22.1 Å². The summed E-state index contributed by atoms with van der Waals surface area (Å²) in [7, 11) is 4.20. The van der Waals surface area contributed by atoms with Crippen LogP contribution in [-0.2, 0) is 22.4 Å². The molecule has 2 heterocycles. The Morgan fingerprint density at radius 2 is 1.77 bits per heavy atom. The van der Waals surface area contributed by atoms with E-state index in [4.69, 9.17) is 18.9 Å². The van der Waals surface area contributed by atoms with Gasteiger partial charge in [0.2, 0.25) is 0 Å². The minimum atomic E-state index is -0.552. The van der Waals surface area contributed by atoms with E-state index in [1.165, 1.54) is 32.7 Å². The molecule has 166 valence electrons. The molecule has 0 unspecified atom stereocenters. The standard InChI is InChI=1S/C21H24N2O7S/c1-5-30-21(26)23-10-9-12-15(11-23)31-19(16(12)20(25)29-4)22-18(24)17-13(27-2)7-6-8-14(17)28-3/h6-8H,5,9-11H2,1-4H3,(H,22,24). The molecule has 2 aromatic rings. The number of nitrogens with zero attached hydrogens (tertiary/aromatic N) is 1. The molecule has 31 heavy (non-hydrogen) atoms. The summed E-state index contributed by atoms with van der Waals surface area (Å²) in [6.45, 7) is 2.71. The van der Waals surface area contributed by atoms with Crippen LogP contribution in [0.15, 0.2) is 18.2 Å². The number of esters is 1. The van der Waals surface area contributed by atoms with Gasteiger partial charge in [0.05, 0.1) is 40.0 Å². The molecule has 1 aromatic heterocycles. The second-order valence-corrected chi connectivity index (χ2v) is 7.67. The molecule has 0 fully saturated rings. The number of rotatable bonds is 6. The summed E-state index contributed by atoms with van der Waals surface area (Å²) in [5.41, 5.74) is 1.27. The lowest BCUT2D eigenvalue weighted by Gasteiger charge is -2.26. The van der Waals surface area contributed by atoms with E-state index < -0.39 is 18.0 Å². The van der Waals surface area contributed by atoms with Gasteiger partial charge in [-0.2, -0.15) is 0 Å². The number of ether oxygens (including phenoxy) is 4. The maximum Gasteiger partial charge on any atom is 0.410 e. The molecule has 0 atom stereocenters. The Kier molecular flexibility index (Phi) is 7.01. The van der Waals surface area contributed by atoms with Gasteiger partial charge < -0.3 is 29.2 Å². The van der Waals surface area contributed by atoms with Crippen molar-refractivity contribution in [2.75, 3.05) is 39.8 Å². The van der Waals surface area contributed by atoms with Crippen molar-refractivity contribution in [1.29, 1.82) is 0 Å². The van der Waals surface area contributed by atoms with E-state index in [9.17, 15) is 14.4 Å². The van der Waals surface area contributed by atoms with Crippen LogP contribution < -0.4 is 14.8 Å². The predicted octanol–water partition coefficient (Wildman–Crippen LogP) is 3.32. The molecule has 2 amide bonds. The summed E-state index contributed by atoms with van der Waals surface area (Å²) >= 11 is 1.23. The normalized spacial score (nSPS) is 12.6. The third-order valence-electron chi connectivity index (χ3n) is 4.85. The molecule has 0 spiro atoms. The number of nitrogens with one attached hydrogen (secondary N) is 1. The summed E-state index contributed by atoms with van der Waals surface area (Å²) in [5, 5.41) is 3.15. The predicted molar refractivity (Wildman–Crippen MR) is 114 cm³/mol. The van der Waals surface area contributed by atoms with Crippen LogP contribution in [0.25, 0.3) is 0 Å². The van der Waals surface area contributed by atoms with E-state index in [-0.39, 0.29) is 18.7 Å². The number of carbonyl (C=O) groups is 3. The molecule has 1 aromatic carbocycles. The first-order chi connectivity index (χ1) is 14.9. The Morgan fingerprint density at radius 1 is 1.10 bits per heavy atom. The highest BCUT2D eigenvalue weighted by Gasteiger charge is 2.32. The third-order valence-corrected chi connectivity index (χ3v) is 5.99. The van der Waals surface area contributed by atoms with Crippen LogP contribution in [0.5, 0.6) is 11.5 Å². The van der Waals surface area contributed by atoms with Gasteiger partial charge in [-0.1, -0.05) is 6.07 Å². The van der Waals surface area contributed by atoms with Crippen LogP contribution in [0.1, 0.15) is 38.1 Å². The molecule has 1 aliphatic rings. The highest BCUT2D eigenvalue weighted by atomic mass is 32.1. The molecular weight excluding hydrogens is 424 g/mol. The molecule has 3 rings (SSSR count). The topological polar surface area (TPSA) is 103 Å². The number of hydrogen-bond acceptors (Lipinski definition) is 8. The third kappa shape index (κ3) is 4.43. The molecule has 0 aliphatic carbocycles. The second-order valence-electron chi connectivity index (χ2n) is 6.56. The minimum Gasteiger partial charge on any atom is -0.496 e. The fraction of sp³-hybridized carbons (Fsp3) is 0.381. The lowest BCUT2D eigenvalue weighted by Crippen LogP contribution is -2.36. The summed E-state index contributed by atoms with van der Waals surface area (Å²) in [4.78, 5) is 40.1. The fourth-order valence-electron chi connectivity index (χ4n) is 3.42. The van der Waals surface area contributed by atoms with E-state index in [0.717, 1.165) is 10.4 Å². The van der Waals surface area contributed by atoms with Gasteiger partial charge in [-0.25, -0.2) is 9.59 Å². The Morgan fingerprint density at radius 3 is 2.35 bits per heavy atom. The number of amides is 2. The van der Waals surface area contributed by atoms with Crippen LogP contribution in [0, 0.1) is 0 Å². The van der Waals surface area contributed by atoms with Crippen molar-refractivity contribution < 1.29 is 33.3 Å². The Labute approximate surface area is 183 Å². The maximum absolute atomic E-state index is 13.1. The summed E-state index contributed by atoms with van der Waals surface area (Å²) in [6.07, 6.45) is 0.0358. The average molecular weight is 448 g/mol. The largest absolute Gasteiger partial charge is 0.496 e. The summed E-state index contributed by atoms with van der Waals surface area (Å²) < 4.78 is 20.6. The number of fused-ring (bicyclic) bond motifs is 1. The van der Waals surface area contributed by atoms with Gasteiger partial charge in [-0.3, -0.25) is 4.79 Å². The Bertz CT molecular complexity index is 980. The highest BCUT2D eigenvalue weighted by molar-refractivity contribution is 7.17. The van der Waals surface area contributed by atoms with E-state index in [2.05, 4.69) is 5.32 Å². The van der Waals surface area contributed by atoms with Crippen LogP contribution in [0.3, 0.4) is 0 Å². The molecule has 9 nitrogen and oxygen atoms in total. The van der Waals surface area contributed by atoms with Crippen molar-refractivity contribution in [2.24, 2.45) is 0 Å².